The summed E-state index contributed by atoms with van der Waals surface area (Å²) in [5, 5.41) is 0. The molecule has 20 heavy (non-hydrogen) atoms. The van der Waals surface area contributed by atoms with Crippen molar-refractivity contribution in [3.8, 4) is 0 Å². The minimum atomic E-state index is -2.80. The van der Waals surface area contributed by atoms with Crippen LogP contribution >= 0.6 is 0 Å². The Bertz CT molecular complexity index is 670. The zero-order valence-electron chi connectivity index (χ0n) is 12.5. The minimum absolute atomic E-state index is 0.0441. The number of hydrogen-bond donors (Lipinski definition) is 1. The predicted molar refractivity (Wildman–Crippen MR) is 74.2 cm³/mol. The van der Waals surface area contributed by atoms with E-state index in [1.807, 2.05) is 27.7 Å². The van der Waals surface area contributed by atoms with Crippen molar-refractivity contribution in [1.82, 2.24) is 19.1 Å². The van der Waals surface area contributed by atoms with E-state index in [0.717, 1.165) is 9.13 Å². The molecular weight excluding hydrogens is 270 g/mol. The van der Waals surface area contributed by atoms with E-state index in [1.165, 1.54) is 14.1 Å². The molecule has 0 bridgehead atoms. The first-order valence-corrected chi connectivity index (χ1v) is 6.37. The first-order valence-electron chi connectivity index (χ1n) is 6.37. The van der Waals surface area contributed by atoms with E-state index in [0.29, 0.717) is 0 Å². The summed E-state index contributed by atoms with van der Waals surface area (Å²) in [6.45, 7) is 8.00. The summed E-state index contributed by atoms with van der Waals surface area (Å²) in [6.07, 6.45) is -2.80. The molecule has 114 valence electrons. The third kappa shape index (κ3) is 3.12. The molecule has 0 spiro atoms. The van der Waals surface area contributed by atoms with Gasteiger partial charge >= 0.3 is 5.69 Å². The van der Waals surface area contributed by atoms with Crippen LogP contribution in [0.3, 0.4) is 0 Å². The highest BCUT2D eigenvalue weighted by Gasteiger charge is 2.19. The van der Waals surface area contributed by atoms with E-state index in [9.17, 15) is 18.4 Å². The number of H-pyrrole nitrogens is 1. The van der Waals surface area contributed by atoms with E-state index in [-0.39, 0.29) is 11.2 Å². The second-order valence-electron chi connectivity index (χ2n) is 3.32. The largest absolute Gasteiger partial charge is 0.329 e. The molecule has 2 rings (SSSR count). The number of alkyl halides is 2. The molecular formula is C12H20F2N4O2. The maximum atomic E-state index is 12.5. The molecule has 0 aliphatic carbocycles. The van der Waals surface area contributed by atoms with Crippen LogP contribution in [0.5, 0.6) is 0 Å². The lowest BCUT2D eigenvalue weighted by atomic mass is 10.5. The lowest BCUT2D eigenvalue weighted by molar-refractivity contribution is 0.137. The number of aromatic amines is 1. The Morgan fingerprint density at radius 2 is 1.55 bits per heavy atom. The summed E-state index contributed by atoms with van der Waals surface area (Å²) in [5.41, 5.74) is -1.50. The van der Waals surface area contributed by atoms with Gasteiger partial charge in [-0.3, -0.25) is 14.3 Å². The van der Waals surface area contributed by atoms with Crippen molar-refractivity contribution < 1.29 is 8.78 Å². The van der Waals surface area contributed by atoms with Crippen LogP contribution in [0.2, 0.25) is 0 Å². The van der Waals surface area contributed by atoms with Gasteiger partial charge in [-0.1, -0.05) is 27.7 Å². The monoisotopic (exact) mass is 290 g/mol. The minimum Gasteiger partial charge on any atom is -0.320 e. The quantitative estimate of drug-likeness (QED) is 0.872. The lowest BCUT2D eigenvalue weighted by Gasteiger charge is -1.99. The van der Waals surface area contributed by atoms with Crippen LogP contribution in [0, 0.1) is 0 Å². The van der Waals surface area contributed by atoms with Crippen molar-refractivity contribution in [1.29, 1.82) is 0 Å². The fourth-order valence-electron chi connectivity index (χ4n) is 1.48. The lowest BCUT2D eigenvalue weighted by Crippen LogP contribution is -2.33. The molecule has 0 atom stereocenters. The molecule has 0 radical (unpaired) electrons. The van der Waals surface area contributed by atoms with Crippen LogP contribution in [-0.4, -0.2) is 19.1 Å². The maximum Gasteiger partial charge on any atom is 0.329 e. The molecule has 0 aliphatic heterocycles. The van der Waals surface area contributed by atoms with E-state index in [1.54, 1.807) is 0 Å². The second-order valence-corrected chi connectivity index (χ2v) is 3.32. The number of imidazole rings is 1. The standard InChI is InChI=1S/C8H8F2N4O2.2C2H6/c1-13-3-5(11-6(13)4(9)10)12-8(16)14(2)7(3)15;2*1-2/h4H,1-2H3,(H,12,16);2*1-2H3. The smallest absolute Gasteiger partial charge is 0.320 e. The van der Waals surface area contributed by atoms with Crippen LogP contribution in [0.1, 0.15) is 39.9 Å². The van der Waals surface area contributed by atoms with E-state index in [4.69, 9.17) is 0 Å². The van der Waals surface area contributed by atoms with Crippen LogP contribution in [0.4, 0.5) is 8.78 Å². The number of nitrogens with zero attached hydrogens (tertiary/aromatic N) is 3. The maximum absolute atomic E-state index is 12.5. The molecule has 0 aromatic carbocycles. The average Bonchev–Trinajstić information content (AvgIpc) is 2.78. The third-order valence-corrected chi connectivity index (χ3v) is 2.36. The Morgan fingerprint density at radius 3 is 2.00 bits per heavy atom. The number of aryl methyl sites for hydroxylation is 1. The van der Waals surface area contributed by atoms with Crippen LogP contribution < -0.4 is 11.2 Å². The Kier molecular flexibility index (Phi) is 6.81. The highest BCUT2D eigenvalue weighted by molar-refractivity contribution is 5.70. The summed E-state index contributed by atoms with van der Waals surface area (Å²) in [4.78, 5) is 28.6. The predicted octanol–water partition coefficient (Wildman–Crippen LogP) is 1.95. The molecule has 0 fully saturated rings. The van der Waals surface area contributed by atoms with E-state index in [2.05, 4.69) is 9.97 Å². The van der Waals surface area contributed by atoms with Gasteiger partial charge in [0, 0.05) is 14.1 Å². The zero-order valence-corrected chi connectivity index (χ0v) is 12.5. The molecule has 2 heterocycles. The van der Waals surface area contributed by atoms with Crippen molar-refractivity contribution in [2.45, 2.75) is 34.1 Å². The Labute approximate surface area is 115 Å². The SMILES string of the molecule is CC.CC.Cn1c(=O)[nH]c2nc(C(F)F)n(C)c2c1=O. The van der Waals surface area contributed by atoms with E-state index >= 15 is 0 Å². The molecule has 0 saturated heterocycles. The van der Waals surface area contributed by atoms with Crippen molar-refractivity contribution >= 4 is 11.2 Å². The number of rotatable bonds is 1. The summed E-state index contributed by atoms with van der Waals surface area (Å²) >= 11 is 0. The molecule has 0 saturated carbocycles. The first kappa shape index (κ1) is 18.0. The highest BCUT2D eigenvalue weighted by Crippen LogP contribution is 2.19. The van der Waals surface area contributed by atoms with Crippen molar-refractivity contribution in [3.63, 3.8) is 0 Å². The number of aromatic nitrogens is 4. The van der Waals surface area contributed by atoms with Crippen LogP contribution in [0.15, 0.2) is 9.59 Å². The van der Waals surface area contributed by atoms with Crippen molar-refractivity contribution in [3.05, 3.63) is 26.7 Å². The molecule has 2 aromatic heterocycles. The Balaban J connectivity index is 0.000000829. The molecule has 1 N–H and O–H groups in total. The number of nitrogens with one attached hydrogen (secondary N) is 1. The second kappa shape index (κ2) is 7.56. The van der Waals surface area contributed by atoms with Crippen LogP contribution in [0.25, 0.3) is 11.2 Å². The summed E-state index contributed by atoms with van der Waals surface area (Å²) in [7, 11) is 2.56. The van der Waals surface area contributed by atoms with Gasteiger partial charge in [0.25, 0.3) is 12.0 Å². The van der Waals surface area contributed by atoms with Gasteiger partial charge in [0.2, 0.25) is 0 Å². The van der Waals surface area contributed by atoms with Gasteiger partial charge in [0.15, 0.2) is 17.0 Å². The van der Waals surface area contributed by atoms with Gasteiger partial charge in [0.1, 0.15) is 0 Å². The van der Waals surface area contributed by atoms with Gasteiger partial charge < -0.3 is 4.57 Å². The Hall–Kier alpha value is -1.99. The topological polar surface area (TPSA) is 72.7 Å². The van der Waals surface area contributed by atoms with Crippen molar-refractivity contribution in [2.75, 3.05) is 0 Å². The van der Waals surface area contributed by atoms with Crippen molar-refractivity contribution in [2.24, 2.45) is 14.1 Å². The van der Waals surface area contributed by atoms with Gasteiger partial charge in [-0.2, -0.15) is 0 Å². The molecule has 8 heteroatoms. The fraction of sp³-hybridized carbons (Fsp3) is 0.583. The number of fused-ring (bicyclic) bond motifs is 1. The fourth-order valence-corrected chi connectivity index (χ4v) is 1.48. The Morgan fingerprint density at radius 1 is 1.05 bits per heavy atom. The summed E-state index contributed by atoms with van der Waals surface area (Å²) < 4.78 is 26.8. The van der Waals surface area contributed by atoms with Gasteiger partial charge in [0.05, 0.1) is 0 Å². The zero-order chi connectivity index (χ0) is 16.0. The van der Waals surface area contributed by atoms with Gasteiger partial charge in [-0.25, -0.2) is 18.6 Å². The van der Waals surface area contributed by atoms with Crippen LogP contribution in [-0.2, 0) is 14.1 Å². The highest BCUT2D eigenvalue weighted by atomic mass is 19.3. The molecule has 2 aromatic rings. The average molecular weight is 290 g/mol. The molecule has 0 unspecified atom stereocenters. The first-order chi connectivity index (χ1) is 9.43. The van der Waals surface area contributed by atoms with Gasteiger partial charge in [-0.15, -0.1) is 0 Å². The van der Waals surface area contributed by atoms with Gasteiger partial charge in [-0.05, 0) is 0 Å². The number of hydrogen-bond acceptors (Lipinski definition) is 3. The normalized spacial score (nSPS) is 9.85. The molecule has 6 nitrogen and oxygen atoms in total. The summed E-state index contributed by atoms with van der Waals surface area (Å²) in [6, 6.07) is 0. The van der Waals surface area contributed by atoms with E-state index < -0.39 is 23.5 Å². The molecule has 0 aliphatic rings. The molecule has 0 amide bonds. The third-order valence-electron chi connectivity index (χ3n) is 2.36. The summed E-state index contributed by atoms with van der Waals surface area (Å²) in [5.74, 6) is -0.547. The number of halogens is 2.